The van der Waals surface area contributed by atoms with E-state index in [0.29, 0.717) is 23.6 Å². The second-order valence-electron chi connectivity index (χ2n) is 9.91. The molecule has 2 fully saturated rings. The number of nitrogens with zero attached hydrogens (tertiary/aromatic N) is 3. The lowest BCUT2D eigenvalue weighted by Crippen LogP contribution is -2.61. The van der Waals surface area contributed by atoms with Crippen LogP contribution in [0.4, 0.5) is 4.79 Å². The minimum Gasteiger partial charge on any atom is -0.444 e. The minimum absolute atomic E-state index is 0.147. The highest BCUT2D eigenvalue weighted by molar-refractivity contribution is 5.98. The van der Waals surface area contributed by atoms with Gasteiger partial charge < -0.3 is 19.5 Å². The number of carbonyl (C=O) groups excluding carboxylic acids is 4. The fourth-order valence-corrected chi connectivity index (χ4v) is 3.93. The molecule has 186 valence electrons. The zero-order chi connectivity index (χ0) is 25.3. The molecule has 4 rings (SSSR count). The first-order chi connectivity index (χ1) is 16.5. The Bertz CT molecular complexity index is 1110. The number of nitrogens with two attached hydrogens (primary N) is 1. The molecule has 11 nitrogen and oxygen atoms in total. The maximum atomic E-state index is 12.6. The Kier molecular flexibility index (Phi) is 6.62. The third kappa shape index (κ3) is 5.51. The SMILES string of the molecule is CC(C)(C)OC(=O)N1CC(C(=O)N(N)C(=O)C2CC(NC(=O)c3cc(-c4ccccc4)on3)C2)C1. The van der Waals surface area contributed by atoms with Gasteiger partial charge in [-0.1, -0.05) is 35.5 Å². The molecule has 0 unspecified atom stereocenters. The van der Waals surface area contributed by atoms with Crippen LogP contribution in [0.15, 0.2) is 40.9 Å². The molecule has 2 aromatic rings. The fraction of sp³-hybridized carbons (Fsp3) is 0.458. The Morgan fingerprint density at radius 1 is 1.09 bits per heavy atom. The van der Waals surface area contributed by atoms with E-state index >= 15 is 0 Å². The molecule has 1 aliphatic heterocycles. The molecule has 1 saturated carbocycles. The predicted molar refractivity (Wildman–Crippen MR) is 123 cm³/mol. The Hall–Kier alpha value is -3.73. The Labute approximate surface area is 202 Å². The number of ether oxygens (including phenoxy) is 1. The van der Waals surface area contributed by atoms with Crippen molar-refractivity contribution in [2.45, 2.75) is 45.3 Å². The van der Waals surface area contributed by atoms with Crippen molar-refractivity contribution in [2.24, 2.45) is 17.7 Å². The van der Waals surface area contributed by atoms with E-state index in [1.807, 2.05) is 30.3 Å². The number of amides is 4. The number of rotatable bonds is 5. The van der Waals surface area contributed by atoms with Crippen LogP contribution in [0.3, 0.4) is 0 Å². The topological polar surface area (TPSA) is 148 Å². The van der Waals surface area contributed by atoms with E-state index in [1.54, 1.807) is 26.8 Å². The van der Waals surface area contributed by atoms with Gasteiger partial charge in [-0.05, 0) is 33.6 Å². The third-order valence-electron chi connectivity index (χ3n) is 5.98. The van der Waals surface area contributed by atoms with Gasteiger partial charge in [0.25, 0.3) is 5.91 Å². The maximum Gasteiger partial charge on any atom is 0.410 e. The van der Waals surface area contributed by atoms with Gasteiger partial charge >= 0.3 is 6.09 Å². The van der Waals surface area contributed by atoms with Crippen molar-refractivity contribution < 1.29 is 28.4 Å². The van der Waals surface area contributed by atoms with Crippen molar-refractivity contribution in [3.63, 3.8) is 0 Å². The largest absolute Gasteiger partial charge is 0.444 e. The Balaban J connectivity index is 1.21. The number of hydrogen-bond acceptors (Lipinski definition) is 8. The molecule has 0 radical (unpaired) electrons. The van der Waals surface area contributed by atoms with Crippen LogP contribution in [0.5, 0.6) is 0 Å². The quantitative estimate of drug-likeness (QED) is 0.284. The predicted octanol–water partition coefficient (Wildman–Crippen LogP) is 1.95. The van der Waals surface area contributed by atoms with Crippen LogP contribution in [-0.2, 0) is 14.3 Å². The molecule has 35 heavy (non-hydrogen) atoms. The monoisotopic (exact) mass is 483 g/mol. The van der Waals surface area contributed by atoms with E-state index < -0.39 is 41.3 Å². The van der Waals surface area contributed by atoms with Crippen LogP contribution in [0.25, 0.3) is 11.3 Å². The smallest absolute Gasteiger partial charge is 0.410 e. The summed E-state index contributed by atoms with van der Waals surface area (Å²) < 4.78 is 10.5. The van der Waals surface area contributed by atoms with E-state index in [9.17, 15) is 19.2 Å². The number of imide groups is 1. The summed E-state index contributed by atoms with van der Waals surface area (Å²) in [6.07, 6.45) is 0.227. The number of carbonyl (C=O) groups is 4. The summed E-state index contributed by atoms with van der Waals surface area (Å²) in [4.78, 5) is 51.0. The summed E-state index contributed by atoms with van der Waals surface area (Å²) >= 11 is 0. The van der Waals surface area contributed by atoms with Crippen LogP contribution >= 0.6 is 0 Å². The molecule has 1 saturated heterocycles. The van der Waals surface area contributed by atoms with Gasteiger partial charge in [0.15, 0.2) is 11.5 Å². The molecule has 0 spiro atoms. The molecular formula is C24H29N5O6. The van der Waals surface area contributed by atoms with E-state index in [0.717, 1.165) is 5.56 Å². The van der Waals surface area contributed by atoms with Gasteiger partial charge in [-0.2, -0.15) is 0 Å². The molecule has 1 aromatic carbocycles. The van der Waals surface area contributed by atoms with Crippen molar-refractivity contribution in [3.8, 4) is 11.3 Å². The number of nitrogens with one attached hydrogen (secondary N) is 1. The lowest BCUT2D eigenvalue weighted by molar-refractivity contribution is -0.155. The number of likely N-dealkylation sites (tertiary alicyclic amines) is 1. The van der Waals surface area contributed by atoms with E-state index in [4.69, 9.17) is 15.1 Å². The molecule has 1 aromatic heterocycles. The molecular weight excluding hydrogens is 454 g/mol. The maximum absolute atomic E-state index is 12.6. The van der Waals surface area contributed by atoms with Gasteiger partial charge in [0, 0.05) is 36.7 Å². The van der Waals surface area contributed by atoms with Crippen LogP contribution in [-0.4, -0.2) is 63.6 Å². The molecule has 4 amide bonds. The second kappa shape index (κ2) is 9.49. The van der Waals surface area contributed by atoms with Crippen molar-refractivity contribution in [1.82, 2.24) is 20.4 Å². The van der Waals surface area contributed by atoms with Gasteiger partial charge in [-0.3, -0.25) is 14.4 Å². The van der Waals surface area contributed by atoms with Crippen molar-refractivity contribution in [2.75, 3.05) is 13.1 Å². The van der Waals surface area contributed by atoms with E-state index in [1.165, 1.54) is 4.90 Å². The zero-order valence-electron chi connectivity index (χ0n) is 19.9. The highest BCUT2D eigenvalue weighted by Crippen LogP contribution is 2.30. The molecule has 1 aliphatic carbocycles. The summed E-state index contributed by atoms with van der Waals surface area (Å²) in [5, 5.41) is 7.28. The number of hydrazine groups is 1. The molecule has 0 atom stereocenters. The summed E-state index contributed by atoms with van der Waals surface area (Å²) in [5.41, 5.74) is 0.325. The molecule has 11 heteroatoms. The molecule has 3 N–H and O–H groups in total. The summed E-state index contributed by atoms with van der Waals surface area (Å²) in [6.45, 7) is 5.59. The van der Waals surface area contributed by atoms with Gasteiger partial charge in [0.2, 0.25) is 11.8 Å². The Morgan fingerprint density at radius 3 is 2.34 bits per heavy atom. The molecule has 0 bridgehead atoms. The van der Waals surface area contributed by atoms with Crippen LogP contribution in [0.2, 0.25) is 0 Å². The standard InChI is InChI=1S/C24H29N5O6/c1-24(2,3)34-23(33)28-12-16(13-28)22(32)29(25)21(31)15-9-17(10-15)26-20(30)18-11-19(35-27-18)14-7-5-4-6-8-14/h4-8,11,15-17H,9-10,12-13,25H2,1-3H3,(H,26,30). The minimum atomic E-state index is -0.629. The van der Waals surface area contributed by atoms with Crippen molar-refractivity contribution in [3.05, 3.63) is 42.1 Å². The lowest BCUT2D eigenvalue weighted by atomic mass is 9.79. The summed E-state index contributed by atoms with van der Waals surface area (Å²) in [5.74, 6) is 3.84. The van der Waals surface area contributed by atoms with Crippen molar-refractivity contribution in [1.29, 1.82) is 0 Å². The third-order valence-corrected chi connectivity index (χ3v) is 5.98. The normalized spacial score (nSPS) is 19.8. The average molecular weight is 484 g/mol. The van der Waals surface area contributed by atoms with Gasteiger partial charge in [-0.15, -0.1) is 0 Å². The van der Waals surface area contributed by atoms with Crippen LogP contribution in [0.1, 0.15) is 44.1 Å². The number of hydrogen-bond donors (Lipinski definition) is 2. The van der Waals surface area contributed by atoms with Gasteiger partial charge in [0.05, 0.1) is 5.92 Å². The average Bonchev–Trinajstić information content (AvgIpc) is 3.23. The number of aromatic nitrogens is 1. The fourth-order valence-electron chi connectivity index (χ4n) is 3.93. The van der Waals surface area contributed by atoms with E-state index in [2.05, 4.69) is 10.5 Å². The first-order valence-corrected chi connectivity index (χ1v) is 11.5. The molecule has 2 aliphatic rings. The molecule has 2 heterocycles. The second-order valence-corrected chi connectivity index (χ2v) is 9.91. The van der Waals surface area contributed by atoms with Gasteiger partial charge in [0.1, 0.15) is 5.60 Å². The first kappa shape index (κ1) is 24.4. The number of benzene rings is 1. The highest BCUT2D eigenvalue weighted by atomic mass is 16.6. The van der Waals surface area contributed by atoms with E-state index in [-0.39, 0.29) is 24.8 Å². The van der Waals surface area contributed by atoms with Crippen LogP contribution in [0, 0.1) is 11.8 Å². The summed E-state index contributed by atoms with van der Waals surface area (Å²) in [6, 6.07) is 10.6. The van der Waals surface area contributed by atoms with Crippen LogP contribution < -0.4 is 11.2 Å². The summed E-state index contributed by atoms with van der Waals surface area (Å²) in [7, 11) is 0. The highest BCUT2D eigenvalue weighted by Gasteiger charge is 2.44. The first-order valence-electron chi connectivity index (χ1n) is 11.5. The lowest BCUT2D eigenvalue weighted by Gasteiger charge is -2.41. The zero-order valence-corrected chi connectivity index (χ0v) is 19.9. The Morgan fingerprint density at radius 2 is 1.71 bits per heavy atom. The van der Waals surface area contributed by atoms with Gasteiger partial charge in [-0.25, -0.2) is 15.6 Å². The van der Waals surface area contributed by atoms with Crippen molar-refractivity contribution >= 4 is 23.8 Å².